The van der Waals surface area contributed by atoms with Gasteiger partial charge in [-0.25, -0.2) is 0 Å². The molecule has 2 unspecified atom stereocenters. The average Bonchev–Trinajstić information content (AvgIpc) is 2.54. The Morgan fingerprint density at radius 3 is 2.41 bits per heavy atom. The lowest BCUT2D eigenvalue weighted by molar-refractivity contribution is -0.146. The molecule has 1 aromatic carbocycles. The maximum Gasteiger partial charge on any atom is 0.323 e. The Balaban J connectivity index is 2.77. The van der Waals surface area contributed by atoms with Crippen molar-refractivity contribution in [3.05, 3.63) is 35.9 Å². The third-order valence-corrected chi connectivity index (χ3v) is 3.93. The number of esters is 1. The van der Waals surface area contributed by atoms with Crippen LogP contribution in [0, 0.1) is 17.2 Å². The van der Waals surface area contributed by atoms with Gasteiger partial charge in [-0.15, -0.1) is 0 Å². The monoisotopic (exact) mass is 301 g/mol. The SMILES string of the molecule is CCCCCCCC(c1ccccc1)C(C#N)C(=O)OCC. The third kappa shape index (κ3) is 5.89. The molecule has 0 bridgehead atoms. The van der Waals surface area contributed by atoms with Crippen LogP contribution in [0.5, 0.6) is 0 Å². The molecule has 2 atom stereocenters. The lowest BCUT2D eigenvalue weighted by atomic mass is 9.83. The molecular weight excluding hydrogens is 274 g/mol. The molecule has 0 radical (unpaired) electrons. The first-order valence-corrected chi connectivity index (χ1v) is 8.35. The van der Waals surface area contributed by atoms with Crippen LogP contribution in [0.25, 0.3) is 0 Å². The fourth-order valence-corrected chi connectivity index (χ4v) is 2.73. The van der Waals surface area contributed by atoms with Gasteiger partial charge in [0.25, 0.3) is 0 Å². The number of unbranched alkanes of at least 4 members (excludes halogenated alkanes) is 4. The van der Waals surface area contributed by atoms with Crippen molar-refractivity contribution in [2.24, 2.45) is 5.92 Å². The van der Waals surface area contributed by atoms with Crippen LogP contribution in [-0.2, 0) is 9.53 Å². The van der Waals surface area contributed by atoms with Gasteiger partial charge in [0.05, 0.1) is 12.7 Å². The summed E-state index contributed by atoms with van der Waals surface area (Å²) in [5.41, 5.74) is 1.05. The van der Waals surface area contributed by atoms with Crippen molar-refractivity contribution < 1.29 is 9.53 Å². The summed E-state index contributed by atoms with van der Waals surface area (Å²) in [6, 6.07) is 12.0. The van der Waals surface area contributed by atoms with E-state index < -0.39 is 11.9 Å². The van der Waals surface area contributed by atoms with Crippen molar-refractivity contribution in [3.63, 3.8) is 0 Å². The van der Waals surface area contributed by atoms with E-state index in [0.29, 0.717) is 6.61 Å². The van der Waals surface area contributed by atoms with Gasteiger partial charge in [-0.1, -0.05) is 69.4 Å². The molecule has 0 amide bonds. The highest BCUT2D eigenvalue weighted by Crippen LogP contribution is 2.31. The van der Waals surface area contributed by atoms with Crippen LogP contribution in [0.2, 0.25) is 0 Å². The minimum absolute atomic E-state index is 0.0770. The summed E-state index contributed by atoms with van der Waals surface area (Å²) in [6.07, 6.45) is 6.72. The van der Waals surface area contributed by atoms with Gasteiger partial charge in [-0.05, 0) is 18.9 Å². The Kier molecular flexibility index (Phi) is 8.98. The predicted molar refractivity (Wildman–Crippen MR) is 88.3 cm³/mol. The quantitative estimate of drug-likeness (QED) is 0.459. The van der Waals surface area contributed by atoms with Gasteiger partial charge in [-0.2, -0.15) is 5.26 Å². The van der Waals surface area contributed by atoms with E-state index in [0.717, 1.165) is 24.8 Å². The summed E-state index contributed by atoms with van der Waals surface area (Å²) < 4.78 is 5.08. The molecule has 1 aromatic rings. The van der Waals surface area contributed by atoms with E-state index in [1.54, 1.807) is 6.92 Å². The zero-order chi connectivity index (χ0) is 16.2. The van der Waals surface area contributed by atoms with Crippen LogP contribution >= 0.6 is 0 Å². The molecule has 0 aliphatic rings. The molecule has 0 N–H and O–H groups in total. The van der Waals surface area contributed by atoms with Crippen LogP contribution in [0.15, 0.2) is 30.3 Å². The molecular formula is C19H27NO2. The first-order chi connectivity index (χ1) is 10.7. The second-order valence-electron chi connectivity index (χ2n) is 5.58. The summed E-state index contributed by atoms with van der Waals surface area (Å²) in [5, 5.41) is 9.44. The summed E-state index contributed by atoms with van der Waals surface area (Å²) >= 11 is 0. The maximum atomic E-state index is 12.1. The van der Waals surface area contributed by atoms with Crippen LogP contribution in [0.1, 0.15) is 63.9 Å². The van der Waals surface area contributed by atoms with Gasteiger partial charge in [0.1, 0.15) is 0 Å². The highest BCUT2D eigenvalue weighted by molar-refractivity contribution is 5.76. The minimum atomic E-state index is -0.714. The van der Waals surface area contributed by atoms with E-state index in [1.807, 2.05) is 30.3 Å². The van der Waals surface area contributed by atoms with E-state index in [2.05, 4.69) is 13.0 Å². The zero-order valence-corrected chi connectivity index (χ0v) is 13.8. The Morgan fingerprint density at radius 1 is 1.14 bits per heavy atom. The number of ether oxygens (including phenoxy) is 1. The lowest BCUT2D eigenvalue weighted by Gasteiger charge is -2.21. The van der Waals surface area contributed by atoms with Crippen LogP contribution in [0.3, 0.4) is 0 Å². The second-order valence-corrected chi connectivity index (χ2v) is 5.58. The Morgan fingerprint density at radius 2 is 1.82 bits per heavy atom. The standard InChI is InChI=1S/C19H27NO2/c1-3-5-6-7-11-14-17(16-12-9-8-10-13-16)18(15-20)19(21)22-4-2/h8-10,12-13,17-18H,3-7,11,14H2,1-2H3. The molecule has 0 heterocycles. The van der Waals surface area contributed by atoms with Crippen LogP contribution in [0.4, 0.5) is 0 Å². The fourth-order valence-electron chi connectivity index (χ4n) is 2.73. The van der Waals surface area contributed by atoms with Crippen LogP contribution < -0.4 is 0 Å². The normalized spacial score (nSPS) is 13.1. The molecule has 3 nitrogen and oxygen atoms in total. The van der Waals surface area contributed by atoms with E-state index in [4.69, 9.17) is 4.74 Å². The van der Waals surface area contributed by atoms with Gasteiger partial charge in [-0.3, -0.25) is 4.79 Å². The largest absolute Gasteiger partial charge is 0.465 e. The molecule has 0 spiro atoms. The average molecular weight is 301 g/mol. The fraction of sp³-hybridized carbons (Fsp3) is 0.579. The van der Waals surface area contributed by atoms with Crippen molar-refractivity contribution in [2.45, 2.75) is 58.3 Å². The smallest absolute Gasteiger partial charge is 0.323 e. The van der Waals surface area contributed by atoms with E-state index in [9.17, 15) is 10.1 Å². The molecule has 0 aliphatic carbocycles. The zero-order valence-electron chi connectivity index (χ0n) is 13.8. The molecule has 0 saturated heterocycles. The molecule has 120 valence electrons. The first kappa shape index (κ1) is 18.2. The third-order valence-electron chi connectivity index (χ3n) is 3.93. The Bertz CT molecular complexity index is 464. The number of nitrogens with zero attached hydrogens (tertiary/aromatic N) is 1. The maximum absolute atomic E-state index is 12.1. The van der Waals surface area contributed by atoms with Gasteiger partial charge >= 0.3 is 5.97 Å². The second kappa shape index (κ2) is 10.8. The number of carbonyl (C=O) groups excluding carboxylic acids is 1. The van der Waals surface area contributed by atoms with E-state index >= 15 is 0 Å². The summed E-state index contributed by atoms with van der Waals surface area (Å²) in [5.74, 6) is -1.19. The van der Waals surface area contributed by atoms with Crippen molar-refractivity contribution >= 4 is 5.97 Å². The molecule has 0 aromatic heterocycles. The molecule has 0 fully saturated rings. The van der Waals surface area contributed by atoms with Gasteiger partial charge in [0.2, 0.25) is 0 Å². The van der Waals surface area contributed by atoms with Crippen LogP contribution in [-0.4, -0.2) is 12.6 Å². The van der Waals surface area contributed by atoms with Gasteiger partial charge < -0.3 is 4.74 Å². The molecule has 1 rings (SSSR count). The highest BCUT2D eigenvalue weighted by atomic mass is 16.5. The van der Waals surface area contributed by atoms with Crippen molar-refractivity contribution in [2.75, 3.05) is 6.61 Å². The van der Waals surface area contributed by atoms with Gasteiger partial charge in [0.15, 0.2) is 5.92 Å². The number of rotatable bonds is 10. The lowest BCUT2D eigenvalue weighted by Crippen LogP contribution is -2.23. The van der Waals surface area contributed by atoms with Crippen molar-refractivity contribution in [1.82, 2.24) is 0 Å². The van der Waals surface area contributed by atoms with Crippen molar-refractivity contribution in [1.29, 1.82) is 5.26 Å². The Labute approximate surface area is 134 Å². The predicted octanol–water partition coefficient (Wildman–Crippen LogP) is 4.83. The number of hydrogen-bond donors (Lipinski definition) is 0. The summed E-state index contributed by atoms with van der Waals surface area (Å²) in [4.78, 5) is 12.1. The summed E-state index contributed by atoms with van der Waals surface area (Å²) in [7, 11) is 0. The number of carbonyl (C=O) groups is 1. The molecule has 22 heavy (non-hydrogen) atoms. The molecule has 0 saturated carbocycles. The molecule has 0 aliphatic heterocycles. The Hall–Kier alpha value is -1.82. The highest BCUT2D eigenvalue weighted by Gasteiger charge is 2.30. The number of benzene rings is 1. The van der Waals surface area contributed by atoms with E-state index in [-0.39, 0.29) is 5.92 Å². The van der Waals surface area contributed by atoms with Crippen molar-refractivity contribution in [3.8, 4) is 6.07 Å². The number of hydrogen-bond acceptors (Lipinski definition) is 3. The molecule has 3 heteroatoms. The van der Waals surface area contributed by atoms with Gasteiger partial charge in [0, 0.05) is 5.92 Å². The minimum Gasteiger partial charge on any atom is -0.465 e. The van der Waals surface area contributed by atoms with E-state index in [1.165, 1.54) is 19.3 Å². The summed E-state index contributed by atoms with van der Waals surface area (Å²) in [6.45, 7) is 4.28. The first-order valence-electron chi connectivity index (χ1n) is 8.35. The topological polar surface area (TPSA) is 50.1 Å². The number of nitriles is 1.